The molecule has 0 bridgehead atoms. The van der Waals surface area contributed by atoms with E-state index in [1.807, 2.05) is 42.5 Å². The van der Waals surface area contributed by atoms with E-state index in [2.05, 4.69) is 41.5 Å². The third-order valence-electron chi connectivity index (χ3n) is 16.4. The number of carbonyl (C=O) groups is 3. The van der Waals surface area contributed by atoms with E-state index in [1.54, 1.807) is 42.5 Å². The van der Waals surface area contributed by atoms with Gasteiger partial charge in [0.2, 0.25) is 0 Å². The quantitative estimate of drug-likeness (QED) is 0.0298. The number of anilines is 8. The van der Waals surface area contributed by atoms with E-state index >= 15 is 0 Å². The van der Waals surface area contributed by atoms with Gasteiger partial charge >= 0.3 is 18.5 Å². The van der Waals surface area contributed by atoms with Gasteiger partial charge in [0, 0.05) is 125 Å². The Bertz CT molecular complexity index is 4840. The molecule has 18 nitrogen and oxygen atoms in total. The Kier molecular flexibility index (Phi) is 24.1. The van der Waals surface area contributed by atoms with Crippen LogP contribution in [0.1, 0.15) is 86.0 Å². The van der Waals surface area contributed by atoms with Crippen LogP contribution in [0.3, 0.4) is 0 Å². The highest BCUT2D eigenvalue weighted by Gasteiger charge is 2.37. The lowest BCUT2D eigenvalue weighted by Crippen LogP contribution is -2.14. The minimum Gasteiger partial charge on any atom is -0.399 e. The number of aromatic nitrogens is 3. The highest BCUT2D eigenvalue weighted by Crippen LogP contribution is 2.40. The van der Waals surface area contributed by atoms with Gasteiger partial charge in [-0.25, -0.2) is 40.2 Å². The molecule has 31 heteroatoms. The van der Waals surface area contributed by atoms with Crippen molar-refractivity contribution in [2.45, 2.75) is 111 Å². The summed E-state index contributed by atoms with van der Waals surface area (Å²) in [6.07, 6.45) is -3.33. The first-order valence-electron chi connectivity index (χ1n) is 31.5. The lowest BCUT2D eigenvalue weighted by Gasteiger charge is -2.18. The van der Waals surface area contributed by atoms with Crippen molar-refractivity contribution in [3.05, 3.63) is 236 Å². The van der Waals surface area contributed by atoms with Gasteiger partial charge in [-0.05, 0) is 148 Å². The second-order valence-corrected chi connectivity index (χ2v) is 30.9. The fourth-order valence-corrected chi connectivity index (χ4v) is 13.4. The van der Waals surface area contributed by atoms with Crippen LogP contribution in [0.15, 0.2) is 179 Å². The van der Waals surface area contributed by atoms with Crippen LogP contribution < -0.4 is 32.3 Å². The fraction of sp³-hybridized carbons (Fsp3) is 0.250. The van der Waals surface area contributed by atoms with E-state index < -0.39 is 64.7 Å². The third-order valence-corrected chi connectivity index (χ3v) is 19.9. The molecule has 12 rings (SSSR count). The Morgan fingerprint density at radius 2 is 0.718 bits per heavy atom. The molecule has 3 heterocycles. The summed E-state index contributed by atoms with van der Waals surface area (Å²) in [7, 11) is -10.3. The van der Waals surface area contributed by atoms with Gasteiger partial charge < -0.3 is 32.3 Å². The molecular weight excluding hydrogens is 1440 g/mol. The average Bonchev–Trinajstić information content (AvgIpc) is 0.813. The minimum atomic E-state index is -4.62. The number of hydrogen-bond acceptors (Lipinski definition) is 18. The average molecular weight is 1510 g/mol. The largest absolute Gasteiger partial charge is 0.419 e. The van der Waals surface area contributed by atoms with E-state index in [-0.39, 0.29) is 79.7 Å². The molecule has 9 aromatic rings. The Balaban J connectivity index is 0.000000168. The molecule has 0 atom stereocenters. The van der Waals surface area contributed by atoms with Gasteiger partial charge in [-0.1, -0.05) is 66.2 Å². The number of aryl methyl sites for hydroxylation is 3. The Labute approximate surface area is 592 Å². The zero-order valence-corrected chi connectivity index (χ0v) is 58.4. The smallest absolute Gasteiger partial charge is 0.399 e. The number of rotatable bonds is 16. The standard InChI is InChI=1S/2C24H22F3N3O3S.C14H12ClF3N2O2S.C10H11NO/c2*1-34(32,33)20-4-2-3-15(9-20)13-28-22-12-23(29-14-21(22)24(25,26)27)30-18-7-5-17-11-19(31)8-6-16(17)10-18;1-23(21,22)10-4-2-3-9(5-10)7-19-12-6-13(15)20-8-11(12)14(16,17)18;11-9-3-1-8-6-10(12)4-2-7(8)5-9/h2*2-5,7,9-10,12,14H,6,8,11,13H2,1H3,(H2,28,29,30);2-6,8H,7H2,1H3,(H,19,20);1,3,5H,2,4,6,11H2. The maximum atomic E-state index is 13.6. The minimum absolute atomic E-state index is 0.00673. The van der Waals surface area contributed by atoms with Gasteiger partial charge in [-0.15, -0.1) is 0 Å². The first-order valence-corrected chi connectivity index (χ1v) is 37.5. The number of nitrogens with two attached hydrogens (primary N) is 1. The number of ketones is 3. The summed E-state index contributed by atoms with van der Waals surface area (Å²) in [6, 6.07) is 38.4. The summed E-state index contributed by atoms with van der Waals surface area (Å²) in [5.41, 5.74) is 12.3. The highest BCUT2D eigenvalue weighted by molar-refractivity contribution is 7.91. The van der Waals surface area contributed by atoms with Crippen molar-refractivity contribution in [1.29, 1.82) is 0 Å². The highest BCUT2D eigenvalue weighted by atomic mass is 35.5. The summed E-state index contributed by atoms with van der Waals surface area (Å²) >= 11 is 5.64. The summed E-state index contributed by atoms with van der Waals surface area (Å²) in [4.78, 5) is 45.9. The molecule has 0 spiro atoms. The van der Waals surface area contributed by atoms with Crippen molar-refractivity contribution in [2.75, 3.05) is 51.1 Å². The SMILES string of the molecule is CS(=O)(=O)c1cccc(CNc2cc(Cl)ncc2C(F)(F)F)c1.CS(=O)(=O)c1cccc(CNc2cc(Nc3ccc4c(c3)CCC(=O)C4)ncc2C(F)(F)F)c1.CS(=O)(=O)c1cccc(CNc2cc(Nc3ccc4c(c3)CCC(=O)C4)ncc2C(F)(F)F)c1.Nc1ccc2c(c1)CCC(=O)C2. The van der Waals surface area contributed by atoms with Gasteiger partial charge in [0.05, 0.1) is 48.4 Å². The number of alkyl halides is 9. The Morgan fingerprint density at radius 1 is 0.398 bits per heavy atom. The van der Waals surface area contributed by atoms with Crippen molar-refractivity contribution in [1.82, 2.24) is 15.0 Å². The van der Waals surface area contributed by atoms with Gasteiger partial charge in [-0.3, -0.25) is 14.4 Å². The lowest BCUT2D eigenvalue weighted by atomic mass is 9.90. The number of Topliss-reactive ketones (excluding diaryl/α,β-unsaturated/α-hetero) is 3. The Morgan fingerprint density at radius 3 is 1.06 bits per heavy atom. The zero-order chi connectivity index (χ0) is 74.8. The molecule has 6 aromatic carbocycles. The van der Waals surface area contributed by atoms with E-state index in [0.717, 1.165) is 77.2 Å². The zero-order valence-electron chi connectivity index (χ0n) is 55.2. The first-order chi connectivity index (χ1) is 48.3. The van der Waals surface area contributed by atoms with E-state index in [4.69, 9.17) is 17.3 Å². The van der Waals surface area contributed by atoms with Crippen molar-refractivity contribution in [3.8, 4) is 0 Å². The van der Waals surface area contributed by atoms with Crippen molar-refractivity contribution in [3.63, 3.8) is 0 Å². The number of hydrogen-bond donors (Lipinski definition) is 6. The second kappa shape index (κ2) is 32.2. The van der Waals surface area contributed by atoms with Crippen LogP contribution in [0.2, 0.25) is 5.15 Å². The number of benzene rings is 6. The number of fused-ring (bicyclic) bond motifs is 3. The number of sulfone groups is 3. The van der Waals surface area contributed by atoms with Crippen LogP contribution in [0.25, 0.3) is 0 Å². The van der Waals surface area contributed by atoms with Gasteiger partial charge in [-0.2, -0.15) is 39.5 Å². The third kappa shape index (κ3) is 22.1. The van der Waals surface area contributed by atoms with Gasteiger partial charge in [0.1, 0.15) is 34.1 Å². The molecule has 0 radical (unpaired) electrons. The summed E-state index contributed by atoms with van der Waals surface area (Å²) < 4.78 is 190. The molecule has 542 valence electrons. The van der Waals surface area contributed by atoms with Crippen molar-refractivity contribution in [2.24, 2.45) is 0 Å². The van der Waals surface area contributed by atoms with Crippen LogP contribution in [0.4, 0.5) is 85.3 Å². The monoisotopic (exact) mass is 1500 g/mol. The predicted octanol–water partition coefficient (Wildman–Crippen LogP) is 14.9. The molecule has 0 saturated carbocycles. The predicted molar refractivity (Wildman–Crippen MR) is 375 cm³/mol. The molecule has 0 aliphatic heterocycles. The number of nitrogen functional groups attached to an aromatic ring is 1. The number of carbonyl (C=O) groups excluding carboxylic acids is 3. The van der Waals surface area contributed by atoms with E-state index in [0.29, 0.717) is 91.4 Å². The van der Waals surface area contributed by atoms with Crippen molar-refractivity contribution < 1.29 is 79.2 Å². The molecule has 0 unspecified atom stereocenters. The lowest BCUT2D eigenvalue weighted by molar-refractivity contribution is -0.138. The fourth-order valence-electron chi connectivity index (χ4n) is 11.1. The molecular formula is C72H67ClF9N9O9S3. The van der Waals surface area contributed by atoms with Gasteiger partial charge in [0.25, 0.3) is 0 Å². The number of halogens is 10. The number of nitrogens with zero attached hydrogens (tertiary/aromatic N) is 3. The van der Waals surface area contributed by atoms with Crippen molar-refractivity contribution >= 4 is 104 Å². The molecule has 0 amide bonds. The number of nitrogens with one attached hydrogen (secondary N) is 5. The molecule has 0 fully saturated rings. The Hall–Kier alpha value is -9.91. The van der Waals surface area contributed by atoms with Crippen LogP contribution in [0.5, 0.6) is 0 Å². The number of pyridine rings is 3. The van der Waals surface area contributed by atoms with Gasteiger partial charge in [0.15, 0.2) is 29.5 Å². The maximum Gasteiger partial charge on any atom is 0.419 e. The normalized spacial score (nSPS) is 13.8. The molecule has 3 aromatic heterocycles. The van der Waals surface area contributed by atoms with E-state index in [9.17, 15) is 79.2 Å². The van der Waals surface area contributed by atoms with Crippen LogP contribution in [-0.4, -0.2) is 76.3 Å². The molecule has 7 N–H and O–H groups in total. The molecule has 3 aliphatic rings. The van der Waals surface area contributed by atoms with Crippen LogP contribution >= 0.6 is 11.6 Å². The summed E-state index contributed by atoms with van der Waals surface area (Å²) in [6.45, 7) is -0.0156. The second-order valence-electron chi connectivity index (χ2n) is 24.5. The van der Waals surface area contributed by atoms with E-state index in [1.165, 1.54) is 60.2 Å². The topological polar surface area (TPSA) is 278 Å². The molecule has 0 saturated heterocycles. The molecule has 103 heavy (non-hydrogen) atoms. The summed E-state index contributed by atoms with van der Waals surface area (Å²) in [5, 5.41) is 14.1. The van der Waals surface area contributed by atoms with Crippen LogP contribution in [0, 0.1) is 0 Å². The first kappa shape index (κ1) is 77.3. The maximum absolute atomic E-state index is 13.6. The molecule has 3 aliphatic carbocycles. The van der Waals surface area contributed by atoms with Crippen LogP contribution in [-0.2, 0) is 121 Å². The summed E-state index contributed by atoms with van der Waals surface area (Å²) in [5.74, 6) is 1.15.